The number of carbonyl (C=O) groups is 1. The molecule has 0 aromatic heterocycles. The molecule has 92 valence electrons. The highest BCUT2D eigenvalue weighted by Crippen LogP contribution is 2.27. The maximum atomic E-state index is 11.7. The Labute approximate surface area is 110 Å². The lowest BCUT2D eigenvalue weighted by molar-refractivity contribution is 0.0601. The molecule has 0 heterocycles. The van der Waals surface area contributed by atoms with Crippen LogP contribution in [-0.4, -0.2) is 13.1 Å². The van der Waals surface area contributed by atoms with Crippen LogP contribution in [0.25, 0.3) is 11.1 Å². The molecule has 0 spiro atoms. The molecule has 2 rings (SSSR count). The Morgan fingerprint density at radius 1 is 1.17 bits per heavy atom. The molecule has 0 aliphatic rings. The third-order valence-corrected chi connectivity index (χ3v) is 2.86. The molecule has 4 heteroatoms. The Balaban J connectivity index is 2.56. The van der Waals surface area contributed by atoms with Gasteiger partial charge >= 0.3 is 5.97 Å². The quantitative estimate of drug-likeness (QED) is 0.666. The molecular formula is C14H12ClNO2. The zero-order valence-electron chi connectivity index (χ0n) is 9.81. The predicted molar refractivity (Wildman–Crippen MR) is 72.6 cm³/mol. The van der Waals surface area contributed by atoms with E-state index in [1.165, 1.54) is 7.11 Å². The molecular weight excluding hydrogens is 250 g/mol. The molecule has 2 N–H and O–H groups in total. The molecule has 0 saturated carbocycles. The Hall–Kier alpha value is -2.00. The van der Waals surface area contributed by atoms with Gasteiger partial charge < -0.3 is 10.5 Å². The van der Waals surface area contributed by atoms with E-state index in [9.17, 15) is 4.79 Å². The summed E-state index contributed by atoms with van der Waals surface area (Å²) in [6.07, 6.45) is 0. The van der Waals surface area contributed by atoms with Gasteiger partial charge in [-0.2, -0.15) is 0 Å². The van der Waals surface area contributed by atoms with E-state index in [0.717, 1.165) is 11.1 Å². The van der Waals surface area contributed by atoms with Gasteiger partial charge in [0.2, 0.25) is 0 Å². The number of nitrogens with two attached hydrogens (primary N) is 1. The van der Waals surface area contributed by atoms with Gasteiger partial charge in [0.15, 0.2) is 0 Å². The number of benzene rings is 2. The van der Waals surface area contributed by atoms with E-state index in [0.29, 0.717) is 16.3 Å². The Kier molecular flexibility index (Phi) is 3.53. The van der Waals surface area contributed by atoms with Gasteiger partial charge in [0, 0.05) is 10.7 Å². The number of hydrogen-bond donors (Lipinski definition) is 1. The van der Waals surface area contributed by atoms with Crippen molar-refractivity contribution in [3.63, 3.8) is 0 Å². The number of carbonyl (C=O) groups excluding carboxylic acids is 1. The number of hydrogen-bond acceptors (Lipinski definition) is 3. The van der Waals surface area contributed by atoms with Gasteiger partial charge in [0.05, 0.1) is 12.7 Å². The summed E-state index contributed by atoms with van der Waals surface area (Å²) in [6, 6.07) is 12.4. The van der Waals surface area contributed by atoms with Gasteiger partial charge in [-0.15, -0.1) is 0 Å². The van der Waals surface area contributed by atoms with Crippen molar-refractivity contribution in [2.75, 3.05) is 12.8 Å². The predicted octanol–water partition coefficient (Wildman–Crippen LogP) is 3.38. The van der Waals surface area contributed by atoms with Gasteiger partial charge in [-0.25, -0.2) is 4.79 Å². The van der Waals surface area contributed by atoms with Crippen molar-refractivity contribution in [2.45, 2.75) is 0 Å². The van der Waals surface area contributed by atoms with E-state index < -0.39 is 5.97 Å². The number of methoxy groups -OCH3 is 1. The molecule has 0 fully saturated rings. The van der Waals surface area contributed by atoms with Crippen LogP contribution in [0.2, 0.25) is 5.02 Å². The molecule has 2 aromatic rings. The fraction of sp³-hybridized carbons (Fsp3) is 0.0714. The smallest absolute Gasteiger partial charge is 0.338 e. The fourth-order valence-electron chi connectivity index (χ4n) is 1.72. The highest BCUT2D eigenvalue weighted by molar-refractivity contribution is 6.30. The van der Waals surface area contributed by atoms with Crippen molar-refractivity contribution in [3.8, 4) is 11.1 Å². The number of ether oxygens (including phenoxy) is 1. The first-order valence-corrected chi connectivity index (χ1v) is 5.73. The van der Waals surface area contributed by atoms with Crippen LogP contribution in [0.15, 0.2) is 42.5 Å². The molecule has 0 bridgehead atoms. The highest BCUT2D eigenvalue weighted by atomic mass is 35.5. The van der Waals surface area contributed by atoms with Crippen LogP contribution in [-0.2, 0) is 4.74 Å². The molecule has 0 radical (unpaired) electrons. The molecule has 0 unspecified atom stereocenters. The van der Waals surface area contributed by atoms with E-state index in [1.807, 2.05) is 12.1 Å². The van der Waals surface area contributed by atoms with E-state index >= 15 is 0 Å². The highest BCUT2D eigenvalue weighted by Gasteiger charge is 2.13. The van der Waals surface area contributed by atoms with Crippen LogP contribution in [0.1, 0.15) is 10.4 Å². The third kappa shape index (κ3) is 2.46. The van der Waals surface area contributed by atoms with Crippen molar-refractivity contribution < 1.29 is 9.53 Å². The van der Waals surface area contributed by atoms with Crippen LogP contribution in [0.3, 0.4) is 0 Å². The lowest BCUT2D eigenvalue weighted by atomic mass is 9.99. The van der Waals surface area contributed by atoms with E-state index in [2.05, 4.69) is 0 Å². The second-order valence-corrected chi connectivity index (χ2v) is 4.24. The van der Waals surface area contributed by atoms with Crippen LogP contribution < -0.4 is 5.73 Å². The summed E-state index contributed by atoms with van der Waals surface area (Å²) in [5, 5.41) is 0.647. The standard InChI is InChI=1S/C14H12ClNO2/c1-18-14(17)13-8-11(16)6-7-12(13)9-2-4-10(15)5-3-9/h2-8H,16H2,1H3. The second-order valence-electron chi connectivity index (χ2n) is 3.80. The summed E-state index contributed by atoms with van der Waals surface area (Å²) in [4.78, 5) is 11.7. The van der Waals surface area contributed by atoms with E-state index in [-0.39, 0.29) is 0 Å². The van der Waals surface area contributed by atoms with Crippen LogP contribution in [0.5, 0.6) is 0 Å². The van der Waals surface area contributed by atoms with Gasteiger partial charge in [-0.3, -0.25) is 0 Å². The average molecular weight is 262 g/mol. The summed E-state index contributed by atoms with van der Waals surface area (Å²) in [5.74, 6) is -0.410. The maximum absolute atomic E-state index is 11.7. The van der Waals surface area contributed by atoms with Crippen LogP contribution in [0.4, 0.5) is 5.69 Å². The molecule has 2 aromatic carbocycles. The Morgan fingerprint density at radius 3 is 2.44 bits per heavy atom. The number of esters is 1. The first kappa shape index (κ1) is 12.5. The topological polar surface area (TPSA) is 52.3 Å². The Morgan fingerprint density at radius 2 is 1.83 bits per heavy atom. The molecule has 0 amide bonds. The summed E-state index contributed by atoms with van der Waals surface area (Å²) in [7, 11) is 1.34. The normalized spacial score (nSPS) is 10.1. The number of nitrogen functional groups attached to an aromatic ring is 1. The van der Waals surface area contributed by atoms with Gasteiger partial charge in [0.25, 0.3) is 0 Å². The van der Waals surface area contributed by atoms with Gasteiger partial charge in [-0.05, 0) is 35.4 Å². The lowest BCUT2D eigenvalue weighted by Gasteiger charge is -2.09. The minimum Gasteiger partial charge on any atom is -0.465 e. The number of halogens is 1. The molecule has 3 nitrogen and oxygen atoms in total. The summed E-state index contributed by atoms with van der Waals surface area (Å²) in [5.41, 5.74) is 8.32. The van der Waals surface area contributed by atoms with E-state index in [1.54, 1.807) is 30.3 Å². The molecule has 0 atom stereocenters. The second kappa shape index (κ2) is 5.10. The minimum absolute atomic E-state index is 0.410. The van der Waals surface area contributed by atoms with E-state index in [4.69, 9.17) is 22.1 Å². The van der Waals surface area contributed by atoms with Crippen molar-refractivity contribution in [1.82, 2.24) is 0 Å². The SMILES string of the molecule is COC(=O)c1cc(N)ccc1-c1ccc(Cl)cc1. The molecule has 0 saturated heterocycles. The van der Waals surface area contributed by atoms with Gasteiger partial charge in [0.1, 0.15) is 0 Å². The van der Waals surface area contributed by atoms with Gasteiger partial charge in [-0.1, -0.05) is 29.8 Å². The van der Waals surface area contributed by atoms with Crippen molar-refractivity contribution >= 4 is 23.3 Å². The average Bonchev–Trinajstić information content (AvgIpc) is 2.39. The Bertz CT molecular complexity index is 579. The first-order chi connectivity index (χ1) is 8.61. The monoisotopic (exact) mass is 261 g/mol. The van der Waals surface area contributed by atoms with Crippen molar-refractivity contribution in [3.05, 3.63) is 53.1 Å². The number of rotatable bonds is 2. The maximum Gasteiger partial charge on any atom is 0.338 e. The summed E-state index contributed by atoms with van der Waals surface area (Å²) in [6.45, 7) is 0. The van der Waals surface area contributed by atoms with Crippen LogP contribution >= 0.6 is 11.6 Å². The third-order valence-electron chi connectivity index (χ3n) is 2.60. The zero-order valence-corrected chi connectivity index (χ0v) is 10.6. The molecule has 0 aliphatic carbocycles. The first-order valence-electron chi connectivity index (χ1n) is 5.35. The fourth-order valence-corrected chi connectivity index (χ4v) is 1.85. The lowest BCUT2D eigenvalue weighted by Crippen LogP contribution is -2.04. The van der Waals surface area contributed by atoms with Crippen molar-refractivity contribution in [1.29, 1.82) is 0 Å². The summed E-state index contributed by atoms with van der Waals surface area (Å²) < 4.78 is 4.76. The van der Waals surface area contributed by atoms with Crippen LogP contribution in [0, 0.1) is 0 Å². The zero-order chi connectivity index (χ0) is 13.1. The summed E-state index contributed by atoms with van der Waals surface area (Å²) >= 11 is 5.84. The van der Waals surface area contributed by atoms with Crippen molar-refractivity contribution in [2.24, 2.45) is 0 Å². The number of anilines is 1. The minimum atomic E-state index is -0.410. The molecule has 0 aliphatic heterocycles. The molecule has 18 heavy (non-hydrogen) atoms. The largest absolute Gasteiger partial charge is 0.465 e.